The summed E-state index contributed by atoms with van der Waals surface area (Å²) >= 11 is 0. The summed E-state index contributed by atoms with van der Waals surface area (Å²) in [5.41, 5.74) is 5.05. The smallest absolute Gasteiger partial charge is 0.162 e. The molecule has 7 nitrogen and oxygen atoms in total. The number of benzene rings is 1. The molecule has 2 fully saturated rings. The van der Waals surface area contributed by atoms with E-state index in [-0.39, 0.29) is 5.82 Å². The number of aryl methyl sites for hydroxylation is 1. The Morgan fingerprint density at radius 2 is 1.74 bits per heavy atom. The van der Waals surface area contributed by atoms with Crippen LogP contribution in [-0.2, 0) is 0 Å². The van der Waals surface area contributed by atoms with E-state index >= 15 is 0 Å². The van der Waals surface area contributed by atoms with Crippen LogP contribution in [0.1, 0.15) is 18.4 Å². The Hall–Kier alpha value is -3.10. The van der Waals surface area contributed by atoms with Gasteiger partial charge in [-0.2, -0.15) is 5.10 Å². The van der Waals surface area contributed by atoms with Crippen LogP contribution in [0, 0.1) is 12.7 Å². The van der Waals surface area contributed by atoms with E-state index < -0.39 is 0 Å². The van der Waals surface area contributed by atoms with Gasteiger partial charge in [-0.1, -0.05) is 0 Å². The number of aromatic nitrogens is 4. The van der Waals surface area contributed by atoms with Crippen molar-refractivity contribution in [2.75, 3.05) is 51.2 Å². The fourth-order valence-electron chi connectivity index (χ4n) is 5.40. The van der Waals surface area contributed by atoms with Gasteiger partial charge >= 0.3 is 0 Å². The van der Waals surface area contributed by atoms with Crippen molar-refractivity contribution in [1.82, 2.24) is 29.4 Å². The van der Waals surface area contributed by atoms with E-state index in [4.69, 9.17) is 4.98 Å². The zero-order valence-electron chi connectivity index (χ0n) is 19.8. The first-order valence-corrected chi connectivity index (χ1v) is 12.1. The first-order valence-electron chi connectivity index (χ1n) is 12.1. The SMILES string of the molecule is Cc1cc2c(-c3cnn4cc(N5CCC(N6CCN(C)CC6)CC5)cnc34)ccnc2cc1F. The van der Waals surface area contributed by atoms with Crippen LogP contribution in [0.2, 0.25) is 0 Å². The standard InChI is InChI=1S/C26H30FN7/c1-18-13-22-21(3-6-28-25(22)14-24(18)27)23-16-30-34-17-20(15-29-26(23)34)32-7-4-19(5-8-32)33-11-9-31(2)10-12-33/h3,6,13-17,19H,4-5,7-12H2,1-2H3. The molecule has 4 aromatic rings. The van der Waals surface area contributed by atoms with E-state index in [1.54, 1.807) is 13.1 Å². The van der Waals surface area contributed by atoms with Crippen LogP contribution in [0.4, 0.5) is 10.1 Å². The highest BCUT2D eigenvalue weighted by Gasteiger charge is 2.27. The summed E-state index contributed by atoms with van der Waals surface area (Å²) in [4.78, 5) is 16.7. The van der Waals surface area contributed by atoms with Crippen LogP contribution in [0.25, 0.3) is 27.7 Å². The summed E-state index contributed by atoms with van der Waals surface area (Å²) in [6.07, 6.45) is 9.98. The summed E-state index contributed by atoms with van der Waals surface area (Å²) in [6.45, 7) is 8.56. The van der Waals surface area contributed by atoms with E-state index in [9.17, 15) is 4.39 Å². The predicted octanol–water partition coefficient (Wildman–Crippen LogP) is 3.61. The lowest BCUT2D eigenvalue weighted by Crippen LogP contribution is -2.52. The molecule has 3 aromatic heterocycles. The maximum absolute atomic E-state index is 14.1. The molecule has 0 spiro atoms. The highest BCUT2D eigenvalue weighted by molar-refractivity contribution is 5.98. The zero-order valence-corrected chi connectivity index (χ0v) is 19.8. The minimum atomic E-state index is -0.240. The van der Waals surface area contributed by atoms with Crippen LogP contribution in [0.5, 0.6) is 0 Å². The number of likely N-dealkylation sites (N-methyl/N-ethyl adjacent to an activating group) is 1. The molecule has 8 heteroatoms. The second-order valence-corrected chi connectivity index (χ2v) is 9.67. The van der Waals surface area contributed by atoms with Crippen LogP contribution in [0.3, 0.4) is 0 Å². The van der Waals surface area contributed by atoms with Gasteiger partial charge in [-0.3, -0.25) is 9.88 Å². The monoisotopic (exact) mass is 459 g/mol. The number of fused-ring (bicyclic) bond motifs is 2. The molecule has 0 unspecified atom stereocenters. The van der Waals surface area contributed by atoms with E-state index in [1.807, 2.05) is 29.0 Å². The number of piperidine rings is 1. The molecule has 176 valence electrons. The summed E-state index contributed by atoms with van der Waals surface area (Å²) < 4.78 is 15.9. The Balaban J connectivity index is 1.24. The van der Waals surface area contributed by atoms with E-state index in [2.05, 4.69) is 38.0 Å². The Bertz CT molecular complexity index is 1330. The van der Waals surface area contributed by atoms with Gasteiger partial charge in [-0.05, 0) is 50.1 Å². The number of hydrogen-bond donors (Lipinski definition) is 0. The molecule has 0 atom stereocenters. The summed E-state index contributed by atoms with van der Waals surface area (Å²) in [7, 11) is 2.21. The number of anilines is 1. The van der Waals surface area contributed by atoms with Crippen molar-refractivity contribution >= 4 is 22.2 Å². The summed E-state index contributed by atoms with van der Waals surface area (Å²) in [5.74, 6) is -0.240. The molecule has 5 heterocycles. The van der Waals surface area contributed by atoms with Gasteiger partial charge in [0.1, 0.15) is 5.82 Å². The van der Waals surface area contributed by atoms with E-state index in [0.29, 0.717) is 17.1 Å². The normalized spacial score (nSPS) is 18.9. The van der Waals surface area contributed by atoms with Gasteiger partial charge < -0.3 is 9.80 Å². The van der Waals surface area contributed by atoms with E-state index in [0.717, 1.165) is 40.9 Å². The van der Waals surface area contributed by atoms with Gasteiger partial charge in [0, 0.05) is 68.5 Å². The van der Waals surface area contributed by atoms with Crippen molar-refractivity contribution in [3.05, 3.63) is 54.4 Å². The zero-order chi connectivity index (χ0) is 23.2. The Kier molecular flexibility index (Phi) is 5.42. The number of halogens is 1. The number of hydrogen-bond acceptors (Lipinski definition) is 6. The van der Waals surface area contributed by atoms with Crippen molar-refractivity contribution in [3.8, 4) is 11.1 Å². The maximum Gasteiger partial charge on any atom is 0.162 e. The number of pyridine rings is 1. The first-order chi connectivity index (χ1) is 16.6. The number of rotatable bonds is 3. The molecule has 0 amide bonds. The third-order valence-corrected chi connectivity index (χ3v) is 7.54. The molecule has 2 aliphatic heterocycles. The third kappa shape index (κ3) is 3.80. The molecule has 2 aliphatic rings. The highest BCUT2D eigenvalue weighted by Crippen LogP contribution is 2.32. The lowest BCUT2D eigenvalue weighted by atomic mass is 10.0. The molecule has 0 N–H and O–H groups in total. The van der Waals surface area contributed by atoms with Crippen molar-refractivity contribution in [2.45, 2.75) is 25.8 Å². The van der Waals surface area contributed by atoms with Crippen LogP contribution < -0.4 is 4.90 Å². The van der Waals surface area contributed by atoms with Gasteiger partial charge in [0.2, 0.25) is 0 Å². The average Bonchev–Trinajstić information content (AvgIpc) is 3.28. The molecular formula is C26H30FN7. The van der Waals surface area contributed by atoms with Gasteiger partial charge in [0.15, 0.2) is 5.65 Å². The maximum atomic E-state index is 14.1. The van der Waals surface area contributed by atoms with Crippen LogP contribution in [-0.4, -0.2) is 81.7 Å². The summed E-state index contributed by atoms with van der Waals surface area (Å²) in [6, 6.07) is 5.99. The second kappa shape index (κ2) is 8.60. The van der Waals surface area contributed by atoms with Gasteiger partial charge in [-0.25, -0.2) is 13.9 Å². The molecule has 34 heavy (non-hydrogen) atoms. The summed E-state index contributed by atoms with van der Waals surface area (Å²) in [5, 5.41) is 5.52. The largest absolute Gasteiger partial charge is 0.369 e. The van der Waals surface area contributed by atoms with Crippen LogP contribution in [0.15, 0.2) is 43.0 Å². The molecule has 0 aliphatic carbocycles. The fourth-order valence-corrected chi connectivity index (χ4v) is 5.40. The van der Waals surface area contributed by atoms with Crippen molar-refractivity contribution in [1.29, 1.82) is 0 Å². The average molecular weight is 460 g/mol. The third-order valence-electron chi connectivity index (χ3n) is 7.54. The molecule has 6 rings (SSSR count). The van der Waals surface area contributed by atoms with E-state index in [1.165, 1.54) is 45.1 Å². The van der Waals surface area contributed by atoms with Crippen LogP contribution >= 0.6 is 0 Å². The predicted molar refractivity (Wildman–Crippen MR) is 133 cm³/mol. The number of nitrogens with zero attached hydrogens (tertiary/aromatic N) is 7. The second-order valence-electron chi connectivity index (χ2n) is 9.67. The molecular weight excluding hydrogens is 429 g/mol. The minimum absolute atomic E-state index is 0.240. The van der Waals surface area contributed by atoms with Crippen molar-refractivity contribution < 1.29 is 4.39 Å². The lowest BCUT2D eigenvalue weighted by molar-refractivity contribution is 0.0982. The molecule has 1 aromatic carbocycles. The fraction of sp³-hybridized carbons (Fsp3) is 0.423. The molecule has 2 saturated heterocycles. The Labute approximate surface area is 198 Å². The quantitative estimate of drug-likeness (QED) is 0.467. The highest BCUT2D eigenvalue weighted by atomic mass is 19.1. The first kappa shape index (κ1) is 21.4. The van der Waals surface area contributed by atoms with Crippen molar-refractivity contribution in [2.24, 2.45) is 0 Å². The van der Waals surface area contributed by atoms with Crippen molar-refractivity contribution in [3.63, 3.8) is 0 Å². The Morgan fingerprint density at radius 1 is 0.941 bits per heavy atom. The Morgan fingerprint density at radius 3 is 2.53 bits per heavy atom. The topological polar surface area (TPSA) is 52.8 Å². The van der Waals surface area contributed by atoms with Gasteiger partial charge in [0.25, 0.3) is 0 Å². The van der Waals surface area contributed by atoms with Gasteiger partial charge in [0.05, 0.1) is 29.8 Å². The van der Waals surface area contributed by atoms with Gasteiger partial charge in [-0.15, -0.1) is 0 Å². The molecule has 0 saturated carbocycles. The number of piperazine rings is 1. The lowest BCUT2D eigenvalue weighted by Gasteiger charge is -2.42. The molecule has 0 bridgehead atoms. The molecule has 0 radical (unpaired) electrons. The minimum Gasteiger partial charge on any atom is -0.369 e.